The average molecular weight is 389 g/mol. The first-order chi connectivity index (χ1) is 12.8. The number of carbonyl (C=O) groups is 3. The lowest BCUT2D eigenvalue weighted by atomic mass is 10.0. The van der Waals surface area contributed by atoms with Crippen molar-refractivity contribution in [3.05, 3.63) is 53.3 Å². The summed E-state index contributed by atoms with van der Waals surface area (Å²) in [6.07, 6.45) is 3.39. The molecular formula is C18H19N3O5S. The molecule has 1 aromatic rings. The molecule has 0 spiro atoms. The summed E-state index contributed by atoms with van der Waals surface area (Å²) in [5.74, 6) is -1.71. The zero-order valence-corrected chi connectivity index (χ0v) is 15.3. The molecule has 5 N–H and O–H groups in total. The molecule has 2 aliphatic heterocycles. The Labute approximate surface area is 159 Å². The van der Waals surface area contributed by atoms with Crippen molar-refractivity contribution < 1.29 is 24.6 Å². The van der Waals surface area contributed by atoms with Gasteiger partial charge in [-0.3, -0.25) is 14.5 Å². The van der Waals surface area contributed by atoms with E-state index in [1.165, 1.54) is 40.9 Å². The molecule has 2 heterocycles. The molecule has 1 aromatic carbocycles. The van der Waals surface area contributed by atoms with Gasteiger partial charge in [0.15, 0.2) is 0 Å². The molecule has 3 rings (SSSR count). The number of fused-ring (bicyclic) bond motifs is 1. The maximum Gasteiger partial charge on any atom is 0.352 e. The van der Waals surface area contributed by atoms with Gasteiger partial charge in [0, 0.05) is 5.75 Å². The Morgan fingerprint density at radius 3 is 2.63 bits per heavy atom. The monoisotopic (exact) mass is 389 g/mol. The van der Waals surface area contributed by atoms with E-state index in [0.717, 1.165) is 0 Å². The smallest absolute Gasteiger partial charge is 0.352 e. The van der Waals surface area contributed by atoms with Crippen LogP contribution in [0.5, 0.6) is 5.75 Å². The van der Waals surface area contributed by atoms with Gasteiger partial charge in [0.05, 0.1) is 0 Å². The van der Waals surface area contributed by atoms with Crippen LogP contribution in [0.3, 0.4) is 0 Å². The number of aliphatic carboxylic acids is 1. The number of carboxylic acid groups (broad SMARTS) is 1. The van der Waals surface area contributed by atoms with Crippen LogP contribution in [0.2, 0.25) is 0 Å². The lowest BCUT2D eigenvalue weighted by Crippen LogP contribution is -2.71. The van der Waals surface area contributed by atoms with Crippen LogP contribution in [0.4, 0.5) is 0 Å². The van der Waals surface area contributed by atoms with Gasteiger partial charge in [0.25, 0.3) is 5.91 Å². The normalized spacial score (nSPS) is 23.0. The minimum atomic E-state index is -1.17. The van der Waals surface area contributed by atoms with Gasteiger partial charge in [0.2, 0.25) is 5.91 Å². The molecule has 0 aromatic heterocycles. The second-order valence-corrected chi connectivity index (χ2v) is 7.25. The first kappa shape index (κ1) is 19.0. The highest BCUT2D eigenvalue weighted by Gasteiger charge is 2.54. The minimum Gasteiger partial charge on any atom is -0.508 e. The number of aromatic hydroxyl groups is 1. The SMILES string of the molecule is C/C=C\C1=C(C(=O)O)N2C(=O)[C@@H](NC(=O)[C@@H](N)c3ccc(O)cc3)[C@H]2SC1. The Hall–Kier alpha value is -2.78. The van der Waals surface area contributed by atoms with Gasteiger partial charge in [-0.25, -0.2) is 4.79 Å². The van der Waals surface area contributed by atoms with Crippen LogP contribution < -0.4 is 11.1 Å². The van der Waals surface area contributed by atoms with Crippen molar-refractivity contribution in [3.8, 4) is 5.75 Å². The zero-order valence-electron chi connectivity index (χ0n) is 14.5. The molecule has 1 fully saturated rings. The van der Waals surface area contributed by atoms with Gasteiger partial charge in [-0.1, -0.05) is 24.3 Å². The van der Waals surface area contributed by atoms with E-state index in [1.807, 2.05) is 0 Å². The highest BCUT2D eigenvalue weighted by molar-refractivity contribution is 8.00. The zero-order chi connectivity index (χ0) is 19.7. The number of thioether (sulfide) groups is 1. The maximum atomic E-state index is 12.5. The van der Waals surface area contributed by atoms with Crippen molar-refractivity contribution in [2.24, 2.45) is 5.73 Å². The van der Waals surface area contributed by atoms with E-state index in [-0.39, 0.29) is 11.4 Å². The molecule has 27 heavy (non-hydrogen) atoms. The van der Waals surface area contributed by atoms with Crippen molar-refractivity contribution in [3.63, 3.8) is 0 Å². The van der Waals surface area contributed by atoms with Crippen LogP contribution in [-0.2, 0) is 14.4 Å². The maximum absolute atomic E-state index is 12.5. The summed E-state index contributed by atoms with van der Waals surface area (Å²) < 4.78 is 0. The molecule has 142 valence electrons. The van der Waals surface area contributed by atoms with Crippen molar-refractivity contribution in [2.45, 2.75) is 24.4 Å². The number of nitrogens with zero attached hydrogens (tertiary/aromatic N) is 1. The molecule has 0 saturated carbocycles. The quantitative estimate of drug-likeness (QED) is 0.545. The largest absolute Gasteiger partial charge is 0.508 e. The van der Waals surface area contributed by atoms with E-state index >= 15 is 0 Å². The topological polar surface area (TPSA) is 133 Å². The van der Waals surface area contributed by atoms with Gasteiger partial charge in [-0.05, 0) is 30.2 Å². The number of nitrogens with one attached hydrogen (secondary N) is 1. The van der Waals surface area contributed by atoms with Crippen molar-refractivity contribution >= 4 is 29.5 Å². The Kier molecular flexibility index (Phi) is 5.24. The summed E-state index contributed by atoms with van der Waals surface area (Å²) >= 11 is 1.39. The predicted octanol–water partition coefficient (Wildman–Crippen LogP) is 0.707. The van der Waals surface area contributed by atoms with E-state index < -0.39 is 35.2 Å². The summed E-state index contributed by atoms with van der Waals surface area (Å²) in [6, 6.07) is 4.06. The van der Waals surface area contributed by atoms with Crippen LogP contribution in [0.25, 0.3) is 0 Å². The first-order valence-corrected chi connectivity index (χ1v) is 9.28. The number of phenolic OH excluding ortho intramolecular Hbond substituents is 1. The lowest BCUT2D eigenvalue weighted by Gasteiger charge is -2.49. The third-order valence-corrected chi connectivity index (χ3v) is 5.70. The molecule has 3 atom stereocenters. The highest BCUT2D eigenvalue weighted by atomic mass is 32.2. The van der Waals surface area contributed by atoms with Gasteiger partial charge in [0.1, 0.15) is 28.9 Å². The molecule has 0 bridgehead atoms. The summed E-state index contributed by atoms with van der Waals surface area (Å²) in [5.41, 5.74) is 6.93. The van der Waals surface area contributed by atoms with Crippen LogP contribution >= 0.6 is 11.8 Å². The molecule has 2 aliphatic rings. The van der Waals surface area contributed by atoms with E-state index in [9.17, 15) is 24.6 Å². The number of rotatable bonds is 5. The van der Waals surface area contributed by atoms with Gasteiger partial charge < -0.3 is 21.3 Å². The Morgan fingerprint density at radius 1 is 1.37 bits per heavy atom. The summed E-state index contributed by atoms with van der Waals surface area (Å²) in [4.78, 5) is 37.7. The number of carbonyl (C=O) groups excluding carboxylic acids is 2. The van der Waals surface area contributed by atoms with Crippen molar-refractivity contribution in [1.29, 1.82) is 0 Å². The molecule has 0 radical (unpaired) electrons. The Morgan fingerprint density at radius 2 is 2.04 bits per heavy atom. The number of amides is 2. The van der Waals surface area contributed by atoms with Crippen molar-refractivity contribution in [2.75, 3.05) is 5.75 Å². The average Bonchev–Trinajstić information content (AvgIpc) is 2.65. The van der Waals surface area contributed by atoms with Crippen LogP contribution in [0.15, 0.2) is 47.7 Å². The predicted molar refractivity (Wildman–Crippen MR) is 99.5 cm³/mol. The number of carboxylic acids is 1. The molecule has 9 heteroatoms. The fraction of sp³-hybridized carbons (Fsp3) is 0.278. The van der Waals surface area contributed by atoms with Crippen molar-refractivity contribution in [1.82, 2.24) is 10.2 Å². The number of phenols is 1. The molecule has 1 saturated heterocycles. The fourth-order valence-electron chi connectivity index (χ4n) is 3.05. The van der Waals surface area contributed by atoms with E-state index in [4.69, 9.17) is 5.73 Å². The first-order valence-electron chi connectivity index (χ1n) is 8.24. The molecular weight excluding hydrogens is 370 g/mol. The fourth-order valence-corrected chi connectivity index (χ4v) is 4.37. The van der Waals surface area contributed by atoms with Gasteiger partial charge in [-0.15, -0.1) is 11.8 Å². The molecule has 8 nitrogen and oxygen atoms in total. The van der Waals surface area contributed by atoms with Gasteiger partial charge in [-0.2, -0.15) is 0 Å². The van der Waals surface area contributed by atoms with Gasteiger partial charge >= 0.3 is 5.97 Å². The van der Waals surface area contributed by atoms with Crippen LogP contribution in [-0.4, -0.2) is 50.1 Å². The van der Waals surface area contributed by atoms with Crippen LogP contribution in [0.1, 0.15) is 18.5 Å². The number of benzene rings is 1. The summed E-state index contributed by atoms with van der Waals surface area (Å²) in [7, 11) is 0. The third-order valence-electron chi connectivity index (χ3n) is 4.40. The molecule has 2 amide bonds. The highest BCUT2D eigenvalue weighted by Crippen LogP contribution is 2.40. The minimum absolute atomic E-state index is 0.0461. The second-order valence-electron chi connectivity index (χ2n) is 6.14. The lowest BCUT2D eigenvalue weighted by molar-refractivity contribution is -0.150. The van der Waals surface area contributed by atoms with E-state index in [1.54, 1.807) is 19.1 Å². The number of allylic oxidation sites excluding steroid dienone is 2. The van der Waals surface area contributed by atoms with Crippen LogP contribution in [0, 0.1) is 0 Å². The molecule has 0 aliphatic carbocycles. The Balaban J connectivity index is 1.74. The number of hydrogen-bond acceptors (Lipinski definition) is 6. The summed E-state index contributed by atoms with van der Waals surface area (Å²) in [6.45, 7) is 1.77. The number of hydrogen-bond donors (Lipinski definition) is 4. The summed E-state index contributed by atoms with van der Waals surface area (Å²) in [5, 5.41) is 20.9. The van der Waals surface area contributed by atoms with E-state index in [2.05, 4.69) is 5.32 Å². The Bertz CT molecular complexity index is 849. The second kappa shape index (κ2) is 7.45. The standard InChI is InChI=1S/C18H19N3O5S/c1-2-3-10-8-27-17-13(16(24)21(17)14(10)18(25)26)20-15(23)12(19)9-4-6-11(22)7-5-9/h2-7,12-13,17,22H,8,19H2,1H3,(H,20,23)(H,25,26)/b3-2-/t12-,13+,17+/m0/s1. The number of nitrogens with two attached hydrogens (primary N) is 1. The molecule has 0 unspecified atom stereocenters. The van der Waals surface area contributed by atoms with E-state index in [0.29, 0.717) is 16.9 Å². The third kappa shape index (κ3) is 3.43. The number of β-lactam (4-membered cyclic amide) rings is 1.